The standard InChI is InChI=1S/C15H13ClN2O3S/c1-3-21-13-8(2)4-9(16)5-10(13)12-7-22-15-17-11(14(19)20)6-18(12)15/h4-7H,3H2,1-2H3,(H,19,20). The van der Waals surface area contributed by atoms with Gasteiger partial charge in [-0.2, -0.15) is 0 Å². The maximum absolute atomic E-state index is 11.1. The van der Waals surface area contributed by atoms with Gasteiger partial charge < -0.3 is 9.84 Å². The monoisotopic (exact) mass is 336 g/mol. The van der Waals surface area contributed by atoms with E-state index >= 15 is 0 Å². The summed E-state index contributed by atoms with van der Waals surface area (Å²) in [5.41, 5.74) is 2.59. The van der Waals surface area contributed by atoms with E-state index in [1.54, 1.807) is 4.40 Å². The maximum atomic E-state index is 11.1. The predicted molar refractivity (Wildman–Crippen MR) is 86.4 cm³/mol. The number of fused-ring (bicyclic) bond motifs is 1. The first-order chi connectivity index (χ1) is 10.5. The van der Waals surface area contributed by atoms with Crippen LogP contribution < -0.4 is 4.74 Å². The van der Waals surface area contributed by atoms with E-state index in [4.69, 9.17) is 21.4 Å². The topological polar surface area (TPSA) is 63.8 Å². The summed E-state index contributed by atoms with van der Waals surface area (Å²) in [5.74, 6) is -0.300. The van der Waals surface area contributed by atoms with Crippen LogP contribution in [-0.2, 0) is 0 Å². The molecule has 114 valence electrons. The summed E-state index contributed by atoms with van der Waals surface area (Å²) in [6.45, 7) is 4.38. The molecular formula is C15H13ClN2O3S. The van der Waals surface area contributed by atoms with Crippen LogP contribution >= 0.6 is 22.9 Å². The lowest BCUT2D eigenvalue weighted by atomic mass is 10.1. The average Bonchev–Trinajstić information content (AvgIpc) is 3.01. The number of carboxylic acids is 1. The third-order valence-electron chi connectivity index (χ3n) is 3.23. The van der Waals surface area contributed by atoms with Crippen LogP contribution in [-0.4, -0.2) is 27.1 Å². The fraction of sp³-hybridized carbons (Fsp3) is 0.200. The Balaban J connectivity index is 2.24. The molecule has 0 saturated carbocycles. The number of imidazole rings is 1. The van der Waals surface area contributed by atoms with E-state index in [9.17, 15) is 4.79 Å². The van der Waals surface area contributed by atoms with Crippen LogP contribution in [0.15, 0.2) is 23.7 Å². The van der Waals surface area contributed by atoms with Gasteiger partial charge in [0.15, 0.2) is 10.7 Å². The van der Waals surface area contributed by atoms with E-state index in [0.29, 0.717) is 16.6 Å². The number of benzene rings is 1. The van der Waals surface area contributed by atoms with Crippen molar-refractivity contribution >= 4 is 33.9 Å². The first kappa shape index (κ1) is 14.9. The number of hydrogen-bond donors (Lipinski definition) is 1. The zero-order valence-corrected chi connectivity index (χ0v) is 13.5. The summed E-state index contributed by atoms with van der Waals surface area (Å²) in [6, 6.07) is 3.66. The SMILES string of the molecule is CCOc1c(C)cc(Cl)cc1-c1csc2nc(C(=O)O)cn12. The molecule has 0 bridgehead atoms. The largest absolute Gasteiger partial charge is 0.493 e. The molecule has 3 rings (SSSR count). The molecule has 0 saturated heterocycles. The van der Waals surface area contributed by atoms with Crippen LogP contribution in [0.4, 0.5) is 0 Å². The number of hydrogen-bond acceptors (Lipinski definition) is 4. The van der Waals surface area contributed by atoms with Gasteiger partial charge in [0.1, 0.15) is 5.75 Å². The van der Waals surface area contributed by atoms with Gasteiger partial charge in [0.05, 0.1) is 12.3 Å². The van der Waals surface area contributed by atoms with Gasteiger partial charge in [-0.05, 0) is 31.5 Å². The quantitative estimate of drug-likeness (QED) is 0.778. The highest BCUT2D eigenvalue weighted by atomic mass is 35.5. The fourth-order valence-electron chi connectivity index (χ4n) is 2.34. The second kappa shape index (κ2) is 5.62. The molecule has 22 heavy (non-hydrogen) atoms. The van der Waals surface area contributed by atoms with Gasteiger partial charge in [0.2, 0.25) is 0 Å². The predicted octanol–water partition coefficient (Wildman–Crippen LogP) is 4.12. The van der Waals surface area contributed by atoms with Crippen molar-refractivity contribution in [1.82, 2.24) is 9.38 Å². The van der Waals surface area contributed by atoms with Gasteiger partial charge in [-0.1, -0.05) is 11.6 Å². The Morgan fingerprint density at radius 3 is 2.95 bits per heavy atom. The van der Waals surface area contributed by atoms with E-state index in [-0.39, 0.29) is 5.69 Å². The van der Waals surface area contributed by atoms with E-state index in [0.717, 1.165) is 22.6 Å². The van der Waals surface area contributed by atoms with Crippen LogP contribution in [0, 0.1) is 6.92 Å². The molecule has 0 fully saturated rings. The molecule has 0 amide bonds. The van der Waals surface area contributed by atoms with Crippen molar-refractivity contribution in [3.05, 3.63) is 40.0 Å². The molecule has 0 atom stereocenters. The maximum Gasteiger partial charge on any atom is 0.356 e. The van der Waals surface area contributed by atoms with Gasteiger partial charge in [-0.15, -0.1) is 11.3 Å². The van der Waals surface area contributed by atoms with Gasteiger partial charge in [-0.3, -0.25) is 4.40 Å². The third kappa shape index (κ3) is 2.44. The molecule has 0 spiro atoms. The van der Waals surface area contributed by atoms with Crippen LogP contribution in [0.5, 0.6) is 5.75 Å². The van der Waals surface area contributed by atoms with Gasteiger partial charge in [0.25, 0.3) is 0 Å². The summed E-state index contributed by atoms with van der Waals surface area (Å²) in [6.07, 6.45) is 1.51. The molecule has 2 heterocycles. The van der Waals surface area contributed by atoms with Crippen molar-refractivity contribution in [3.8, 4) is 17.0 Å². The van der Waals surface area contributed by atoms with Crippen molar-refractivity contribution in [2.75, 3.05) is 6.61 Å². The number of halogens is 1. The number of ether oxygens (including phenoxy) is 1. The second-order valence-corrected chi connectivity index (χ2v) is 6.01. The normalized spacial score (nSPS) is 11.0. The molecule has 5 nitrogen and oxygen atoms in total. The van der Waals surface area contributed by atoms with Gasteiger partial charge in [-0.25, -0.2) is 9.78 Å². The Kier molecular flexibility index (Phi) is 3.80. The Morgan fingerprint density at radius 2 is 2.27 bits per heavy atom. The molecule has 0 radical (unpaired) electrons. The molecule has 1 N–H and O–H groups in total. The van der Waals surface area contributed by atoms with Gasteiger partial charge in [0, 0.05) is 22.2 Å². The van der Waals surface area contributed by atoms with E-state index < -0.39 is 5.97 Å². The summed E-state index contributed by atoms with van der Waals surface area (Å²) in [7, 11) is 0. The lowest BCUT2D eigenvalue weighted by Crippen LogP contribution is -1.98. The number of aromatic carboxylic acids is 1. The summed E-state index contributed by atoms with van der Waals surface area (Å²) < 4.78 is 7.50. The molecule has 0 aliphatic heterocycles. The zero-order chi connectivity index (χ0) is 15.9. The van der Waals surface area contributed by atoms with E-state index in [2.05, 4.69) is 4.98 Å². The highest BCUT2D eigenvalue weighted by molar-refractivity contribution is 7.15. The third-order valence-corrected chi connectivity index (χ3v) is 4.29. The minimum atomic E-state index is -1.05. The zero-order valence-electron chi connectivity index (χ0n) is 12.0. The fourth-order valence-corrected chi connectivity index (χ4v) is 3.48. The number of rotatable bonds is 4. The first-order valence-electron chi connectivity index (χ1n) is 6.64. The van der Waals surface area contributed by atoms with Crippen molar-refractivity contribution in [2.45, 2.75) is 13.8 Å². The summed E-state index contributed by atoms with van der Waals surface area (Å²) in [4.78, 5) is 15.8. The Hall–Kier alpha value is -2.05. The number of aryl methyl sites for hydroxylation is 1. The molecule has 7 heteroatoms. The summed E-state index contributed by atoms with van der Waals surface area (Å²) in [5, 5.41) is 11.6. The number of carboxylic acid groups (broad SMARTS) is 1. The Morgan fingerprint density at radius 1 is 1.50 bits per heavy atom. The first-order valence-corrected chi connectivity index (χ1v) is 7.90. The number of thiazole rings is 1. The van der Waals surface area contributed by atoms with Crippen molar-refractivity contribution in [2.24, 2.45) is 0 Å². The average molecular weight is 337 g/mol. The lowest BCUT2D eigenvalue weighted by molar-refractivity contribution is 0.0691. The number of carbonyl (C=O) groups is 1. The number of aromatic nitrogens is 2. The van der Waals surface area contributed by atoms with Crippen LogP contribution in [0.3, 0.4) is 0 Å². The van der Waals surface area contributed by atoms with Crippen LogP contribution in [0.25, 0.3) is 16.2 Å². The van der Waals surface area contributed by atoms with Gasteiger partial charge >= 0.3 is 5.97 Å². The Labute approximate surface area is 135 Å². The van der Waals surface area contributed by atoms with E-state index in [1.807, 2.05) is 31.4 Å². The smallest absolute Gasteiger partial charge is 0.356 e. The lowest BCUT2D eigenvalue weighted by Gasteiger charge is -2.13. The molecule has 0 aliphatic rings. The second-order valence-electron chi connectivity index (χ2n) is 4.74. The summed E-state index contributed by atoms with van der Waals surface area (Å²) >= 11 is 7.55. The molecule has 3 aromatic rings. The molecule has 1 aromatic carbocycles. The molecule has 2 aromatic heterocycles. The number of nitrogens with zero attached hydrogens (tertiary/aromatic N) is 2. The van der Waals surface area contributed by atoms with E-state index in [1.165, 1.54) is 17.5 Å². The van der Waals surface area contributed by atoms with Crippen LogP contribution in [0.2, 0.25) is 5.02 Å². The van der Waals surface area contributed by atoms with Crippen molar-refractivity contribution in [1.29, 1.82) is 0 Å². The molecule has 0 aliphatic carbocycles. The highest BCUT2D eigenvalue weighted by Crippen LogP contribution is 2.37. The van der Waals surface area contributed by atoms with Crippen molar-refractivity contribution < 1.29 is 14.6 Å². The highest BCUT2D eigenvalue weighted by Gasteiger charge is 2.18. The molecular weight excluding hydrogens is 324 g/mol. The Bertz CT molecular complexity index is 869. The van der Waals surface area contributed by atoms with Crippen LogP contribution in [0.1, 0.15) is 23.0 Å². The minimum absolute atomic E-state index is 0.0183. The van der Waals surface area contributed by atoms with Crippen molar-refractivity contribution in [3.63, 3.8) is 0 Å². The molecule has 0 unspecified atom stereocenters. The minimum Gasteiger partial charge on any atom is -0.493 e.